The van der Waals surface area contributed by atoms with Gasteiger partial charge < -0.3 is 24.2 Å². The monoisotopic (exact) mass is 329 g/mol. The lowest BCUT2D eigenvalue weighted by atomic mass is 9.97. The maximum Gasteiger partial charge on any atom is 0.204 e. The number of Topliss-reactive ketones (excluding diaryl/α,β-unsaturated/α-hetero) is 1. The van der Waals surface area contributed by atoms with Gasteiger partial charge in [-0.05, 0) is 24.3 Å². The van der Waals surface area contributed by atoms with Crippen LogP contribution in [0.2, 0.25) is 0 Å². The average molecular weight is 329 g/mol. The Morgan fingerprint density at radius 1 is 1.00 bits per heavy atom. The molecular weight excluding hydrogens is 310 g/mol. The maximum atomic E-state index is 12.5. The van der Waals surface area contributed by atoms with Gasteiger partial charge >= 0.3 is 0 Å². The number of methoxy groups -OCH3 is 3. The molecule has 0 aliphatic carbocycles. The zero-order valence-electron chi connectivity index (χ0n) is 13.8. The van der Waals surface area contributed by atoms with Crippen molar-refractivity contribution in [3.8, 4) is 23.0 Å². The molecule has 0 unspecified atom stereocenters. The molecule has 126 valence electrons. The summed E-state index contributed by atoms with van der Waals surface area (Å²) < 4.78 is 16.2. The smallest absolute Gasteiger partial charge is 0.204 e. The van der Waals surface area contributed by atoms with Crippen LogP contribution in [-0.2, 0) is 0 Å². The van der Waals surface area contributed by atoms with Gasteiger partial charge in [0.2, 0.25) is 5.75 Å². The summed E-state index contributed by atoms with van der Waals surface area (Å²) in [6.45, 7) is 0.537. The van der Waals surface area contributed by atoms with Gasteiger partial charge in [0, 0.05) is 24.7 Å². The second-order valence-corrected chi connectivity index (χ2v) is 5.38. The molecule has 0 saturated heterocycles. The molecule has 0 spiro atoms. The molecule has 1 heterocycles. The van der Waals surface area contributed by atoms with Gasteiger partial charge in [-0.25, -0.2) is 0 Å². The van der Waals surface area contributed by atoms with E-state index in [0.29, 0.717) is 41.5 Å². The third-order valence-electron chi connectivity index (χ3n) is 4.10. The summed E-state index contributed by atoms with van der Waals surface area (Å²) in [6.07, 6.45) is 0.361. The minimum atomic E-state index is -0.00201. The van der Waals surface area contributed by atoms with Gasteiger partial charge in [0.15, 0.2) is 17.3 Å². The van der Waals surface area contributed by atoms with E-state index < -0.39 is 0 Å². The number of hydrogen-bond acceptors (Lipinski definition) is 6. The number of aromatic hydroxyl groups is 1. The molecule has 0 atom stereocenters. The van der Waals surface area contributed by atoms with Crippen molar-refractivity contribution in [2.45, 2.75) is 6.42 Å². The van der Waals surface area contributed by atoms with Crippen molar-refractivity contribution in [2.24, 2.45) is 0 Å². The normalized spacial score (nSPS) is 13.5. The number of carbonyl (C=O) groups is 1. The van der Waals surface area contributed by atoms with E-state index in [2.05, 4.69) is 0 Å². The summed E-state index contributed by atoms with van der Waals surface area (Å²) in [5.41, 5.74) is 2.05. The van der Waals surface area contributed by atoms with Crippen molar-refractivity contribution in [3.05, 3.63) is 35.9 Å². The molecular formula is C18H19NO5. The van der Waals surface area contributed by atoms with E-state index in [9.17, 15) is 9.90 Å². The summed E-state index contributed by atoms with van der Waals surface area (Å²) in [5, 5.41) is 9.50. The number of carbonyl (C=O) groups excluding carboxylic acids is 1. The van der Waals surface area contributed by atoms with Crippen LogP contribution in [0.15, 0.2) is 30.3 Å². The van der Waals surface area contributed by atoms with Crippen molar-refractivity contribution in [2.75, 3.05) is 32.8 Å². The lowest BCUT2D eigenvalue weighted by Crippen LogP contribution is -2.28. The van der Waals surface area contributed by atoms with E-state index >= 15 is 0 Å². The number of ketones is 1. The molecule has 0 saturated carbocycles. The highest BCUT2D eigenvalue weighted by Crippen LogP contribution is 2.48. The van der Waals surface area contributed by atoms with Gasteiger partial charge in [-0.15, -0.1) is 0 Å². The van der Waals surface area contributed by atoms with Crippen molar-refractivity contribution >= 4 is 17.2 Å². The van der Waals surface area contributed by atoms with E-state index in [4.69, 9.17) is 14.2 Å². The van der Waals surface area contributed by atoms with E-state index in [0.717, 1.165) is 5.69 Å². The number of phenols is 1. The number of fused-ring (bicyclic) bond motifs is 1. The first-order valence-electron chi connectivity index (χ1n) is 7.53. The standard InChI is InChI=1S/C18H19NO5/c1-22-15-10-13-16(18(24-3)17(15)23-2)14(21)8-9-19(13)11-4-6-12(20)7-5-11/h4-7,10,20H,8-9H2,1-3H3. The van der Waals surface area contributed by atoms with Crippen molar-refractivity contribution in [3.63, 3.8) is 0 Å². The van der Waals surface area contributed by atoms with E-state index in [1.165, 1.54) is 14.2 Å². The number of benzene rings is 2. The van der Waals surface area contributed by atoms with Crippen LogP contribution in [0.25, 0.3) is 0 Å². The number of nitrogens with zero attached hydrogens (tertiary/aromatic N) is 1. The number of ether oxygens (including phenoxy) is 3. The molecule has 2 aromatic rings. The molecule has 24 heavy (non-hydrogen) atoms. The van der Waals surface area contributed by atoms with Gasteiger partial charge in [0.05, 0.1) is 32.6 Å². The first-order valence-corrected chi connectivity index (χ1v) is 7.53. The second kappa shape index (κ2) is 6.31. The third-order valence-corrected chi connectivity index (χ3v) is 4.10. The minimum absolute atomic E-state index is 0.00201. The maximum absolute atomic E-state index is 12.5. The Hall–Kier alpha value is -2.89. The number of hydrogen-bond donors (Lipinski definition) is 1. The Labute approximate surface area is 140 Å². The fraction of sp³-hybridized carbons (Fsp3) is 0.278. The molecule has 0 radical (unpaired) electrons. The van der Waals surface area contributed by atoms with Gasteiger partial charge in [0.25, 0.3) is 0 Å². The second-order valence-electron chi connectivity index (χ2n) is 5.38. The van der Waals surface area contributed by atoms with Crippen molar-refractivity contribution < 1.29 is 24.1 Å². The molecule has 2 aromatic carbocycles. The highest BCUT2D eigenvalue weighted by Gasteiger charge is 2.32. The zero-order chi connectivity index (χ0) is 17.3. The summed E-state index contributed by atoms with van der Waals surface area (Å²) in [6, 6.07) is 8.61. The Morgan fingerprint density at radius 3 is 2.25 bits per heavy atom. The Balaban J connectivity index is 2.23. The largest absolute Gasteiger partial charge is 0.508 e. The molecule has 0 amide bonds. The van der Waals surface area contributed by atoms with Gasteiger partial charge in [-0.2, -0.15) is 0 Å². The molecule has 1 N–H and O–H groups in total. The van der Waals surface area contributed by atoms with E-state index in [1.807, 2.05) is 4.90 Å². The number of anilines is 2. The van der Waals surface area contributed by atoms with Crippen LogP contribution in [0.1, 0.15) is 16.8 Å². The highest BCUT2D eigenvalue weighted by atomic mass is 16.5. The molecule has 6 nitrogen and oxygen atoms in total. The minimum Gasteiger partial charge on any atom is -0.508 e. The summed E-state index contributed by atoms with van der Waals surface area (Å²) in [5.74, 6) is 1.46. The van der Waals surface area contributed by atoms with Crippen LogP contribution in [0.5, 0.6) is 23.0 Å². The Kier molecular flexibility index (Phi) is 4.20. The molecule has 6 heteroatoms. The summed E-state index contributed by atoms with van der Waals surface area (Å²) in [4.78, 5) is 14.5. The molecule has 0 fully saturated rings. The van der Waals surface area contributed by atoms with E-state index in [-0.39, 0.29) is 11.5 Å². The highest BCUT2D eigenvalue weighted by molar-refractivity contribution is 6.08. The molecule has 1 aliphatic rings. The fourth-order valence-electron chi connectivity index (χ4n) is 2.99. The van der Waals surface area contributed by atoms with E-state index in [1.54, 1.807) is 37.4 Å². The quantitative estimate of drug-likeness (QED) is 0.929. The lowest BCUT2D eigenvalue weighted by Gasteiger charge is -2.32. The Bertz CT molecular complexity index is 770. The van der Waals surface area contributed by atoms with Crippen LogP contribution in [-0.4, -0.2) is 38.8 Å². The predicted molar refractivity (Wildman–Crippen MR) is 90.2 cm³/mol. The van der Waals surface area contributed by atoms with Crippen LogP contribution in [0.3, 0.4) is 0 Å². The SMILES string of the molecule is COc1cc2c(c(OC)c1OC)C(=O)CCN2c1ccc(O)cc1. The summed E-state index contributed by atoms with van der Waals surface area (Å²) in [7, 11) is 4.56. The topological polar surface area (TPSA) is 68.2 Å². The first kappa shape index (κ1) is 16.0. The molecule has 0 bridgehead atoms. The fourth-order valence-corrected chi connectivity index (χ4v) is 2.99. The lowest BCUT2D eigenvalue weighted by molar-refractivity contribution is 0.0977. The van der Waals surface area contributed by atoms with Gasteiger partial charge in [0.1, 0.15) is 5.75 Å². The average Bonchev–Trinajstić information content (AvgIpc) is 2.61. The van der Waals surface area contributed by atoms with Gasteiger partial charge in [-0.3, -0.25) is 4.79 Å². The van der Waals surface area contributed by atoms with Crippen LogP contribution in [0.4, 0.5) is 11.4 Å². The van der Waals surface area contributed by atoms with Crippen LogP contribution >= 0.6 is 0 Å². The number of phenolic OH excluding ortho intramolecular Hbond substituents is 1. The Morgan fingerprint density at radius 2 is 1.67 bits per heavy atom. The number of rotatable bonds is 4. The molecule has 1 aliphatic heterocycles. The molecule has 3 rings (SSSR count). The zero-order valence-corrected chi connectivity index (χ0v) is 13.8. The summed E-state index contributed by atoms with van der Waals surface area (Å²) >= 11 is 0. The van der Waals surface area contributed by atoms with Crippen molar-refractivity contribution in [1.29, 1.82) is 0 Å². The van der Waals surface area contributed by atoms with Crippen LogP contribution < -0.4 is 19.1 Å². The third kappa shape index (κ3) is 2.50. The first-order chi connectivity index (χ1) is 11.6. The van der Waals surface area contributed by atoms with Crippen molar-refractivity contribution in [1.82, 2.24) is 0 Å². The van der Waals surface area contributed by atoms with Crippen LogP contribution in [0, 0.1) is 0 Å². The predicted octanol–water partition coefficient (Wildman–Crippen LogP) is 3.14. The van der Waals surface area contributed by atoms with Gasteiger partial charge in [-0.1, -0.05) is 0 Å². The molecule has 0 aromatic heterocycles.